The van der Waals surface area contributed by atoms with Gasteiger partial charge in [-0.1, -0.05) is 213 Å². The van der Waals surface area contributed by atoms with Gasteiger partial charge in [0.1, 0.15) is 6.10 Å². The lowest BCUT2D eigenvalue weighted by Crippen LogP contribution is -2.50. The minimum Gasteiger partial charge on any atom is -0.394 e. The highest BCUT2D eigenvalue weighted by molar-refractivity contribution is 5.76. The van der Waals surface area contributed by atoms with Gasteiger partial charge in [-0.15, -0.1) is 0 Å². The molecule has 1 amide bonds. The van der Waals surface area contributed by atoms with Crippen molar-refractivity contribution in [3.05, 3.63) is 0 Å². The Morgan fingerprint density at radius 2 is 0.739 bits per heavy atom. The van der Waals surface area contributed by atoms with Crippen LogP contribution < -0.4 is 5.32 Å². The fourth-order valence-corrected chi connectivity index (χ4v) is 6.69. The van der Waals surface area contributed by atoms with Crippen LogP contribution >= 0.6 is 0 Å². The van der Waals surface area contributed by atoms with Crippen molar-refractivity contribution >= 4 is 5.91 Å². The molecule has 4 N–H and O–H groups in total. The second-order valence-corrected chi connectivity index (χ2v) is 14.6. The molecule has 46 heavy (non-hydrogen) atoms. The molecule has 276 valence electrons. The number of hydrogen-bond acceptors (Lipinski definition) is 4. The summed E-state index contributed by atoms with van der Waals surface area (Å²) in [6.45, 7) is 4.19. The van der Waals surface area contributed by atoms with Crippen molar-refractivity contribution in [1.82, 2.24) is 5.32 Å². The minimum atomic E-state index is -1.13. The molecule has 0 fully saturated rings. The lowest BCUT2D eigenvalue weighted by Gasteiger charge is -2.26. The molecular formula is C41H83NO4. The lowest BCUT2D eigenvalue weighted by molar-refractivity contribution is -0.124. The third-order valence-corrected chi connectivity index (χ3v) is 9.96. The van der Waals surface area contributed by atoms with E-state index in [0.29, 0.717) is 12.8 Å². The molecule has 3 atom stereocenters. The van der Waals surface area contributed by atoms with Crippen LogP contribution in [0.2, 0.25) is 0 Å². The molecule has 0 aliphatic rings. The topological polar surface area (TPSA) is 89.8 Å². The molecule has 0 unspecified atom stereocenters. The minimum absolute atomic E-state index is 0.142. The van der Waals surface area contributed by atoms with Crippen LogP contribution in [0.15, 0.2) is 0 Å². The van der Waals surface area contributed by atoms with Crippen LogP contribution in [0.3, 0.4) is 0 Å². The van der Waals surface area contributed by atoms with Gasteiger partial charge in [-0.25, -0.2) is 0 Å². The van der Waals surface area contributed by atoms with Gasteiger partial charge in [0.25, 0.3) is 0 Å². The summed E-state index contributed by atoms with van der Waals surface area (Å²) in [5, 5.41) is 33.5. The molecule has 0 spiro atoms. The van der Waals surface area contributed by atoms with Crippen LogP contribution in [-0.2, 0) is 4.79 Å². The summed E-state index contributed by atoms with van der Waals surface area (Å²) in [6, 6.07) is -0.801. The third-order valence-electron chi connectivity index (χ3n) is 9.96. The smallest absolute Gasteiger partial charge is 0.220 e. The molecule has 0 saturated heterocycles. The largest absolute Gasteiger partial charge is 0.394 e. The van der Waals surface area contributed by atoms with Gasteiger partial charge in [-0.05, 0) is 12.8 Å². The van der Waals surface area contributed by atoms with Crippen molar-refractivity contribution in [3.8, 4) is 0 Å². The van der Waals surface area contributed by atoms with E-state index < -0.39 is 18.2 Å². The molecule has 5 nitrogen and oxygen atoms in total. The van der Waals surface area contributed by atoms with Crippen LogP contribution in [0.4, 0.5) is 0 Å². The first kappa shape index (κ1) is 45.3. The molecule has 0 aromatic carbocycles. The molecule has 0 heterocycles. The summed E-state index contributed by atoms with van der Waals surface area (Å²) >= 11 is 0. The van der Waals surface area contributed by atoms with E-state index in [1.165, 1.54) is 173 Å². The number of carbonyl (C=O) groups excluding carboxylic acids is 1. The van der Waals surface area contributed by atoms with Crippen LogP contribution in [0.5, 0.6) is 0 Å². The zero-order valence-electron chi connectivity index (χ0n) is 31.2. The van der Waals surface area contributed by atoms with Crippen molar-refractivity contribution in [2.45, 2.75) is 250 Å². The highest BCUT2D eigenvalue weighted by Gasteiger charge is 2.26. The second-order valence-electron chi connectivity index (χ2n) is 14.6. The van der Waals surface area contributed by atoms with Gasteiger partial charge < -0.3 is 20.6 Å². The predicted octanol–water partition coefficient (Wildman–Crippen LogP) is 11.5. The molecule has 0 aliphatic carbocycles. The average Bonchev–Trinajstić information content (AvgIpc) is 3.06. The molecule has 0 rings (SSSR count). The second kappa shape index (κ2) is 37.2. The third kappa shape index (κ3) is 31.9. The van der Waals surface area contributed by atoms with Gasteiger partial charge in [0.05, 0.1) is 18.8 Å². The summed E-state index contributed by atoms with van der Waals surface area (Å²) in [6.07, 6.45) is 40.6. The maximum Gasteiger partial charge on any atom is 0.220 e. The van der Waals surface area contributed by atoms with Crippen molar-refractivity contribution in [3.63, 3.8) is 0 Å². The number of unbranched alkanes of at least 4 members (excludes halogenated alkanes) is 30. The Morgan fingerprint density at radius 3 is 1.04 bits per heavy atom. The first-order valence-electron chi connectivity index (χ1n) is 20.8. The standard InChI is InChI=1S/C41H83NO4/c1-3-5-7-9-11-13-15-17-18-19-20-21-22-24-25-27-29-31-33-35-39(44)41(46)38(37-43)42-40(45)36-34-32-30-28-26-23-16-14-12-10-8-6-4-2/h38-39,41,43-44,46H,3-37H2,1-2H3,(H,42,45)/t38-,39+,41-/m0/s1. The molecular weight excluding hydrogens is 570 g/mol. The van der Waals surface area contributed by atoms with Crippen LogP contribution in [0.1, 0.15) is 232 Å². The number of hydrogen-bond donors (Lipinski definition) is 4. The number of aliphatic hydroxyl groups is 3. The Balaban J connectivity index is 3.59. The summed E-state index contributed by atoms with van der Waals surface area (Å²) in [7, 11) is 0. The summed E-state index contributed by atoms with van der Waals surface area (Å²) in [5.74, 6) is -0.142. The first-order chi connectivity index (χ1) is 22.6. The van der Waals surface area contributed by atoms with Crippen molar-refractivity contribution in [2.75, 3.05) is 6.61 Å². The number of rotatable bonds is 38. The molecule has 0 aromatic heterocycles. The number of carbonyl (C=O) groups is 1. The Hall–Kier alpha value is -0.650. The van der Waals surface area contributed by atoms with E-state index in [4.69, 9.17) is 0 Å². The molecule has 0 aliphatic heterocycles. The van der Waals surface area contributed by atoms with E-state index in [1.807, 2.05) is 0 Å². The van der Waals surface area contributed by atoms with Gasteiger partial charge in [0.15, 0.2) is 0 Å². The molecule has 0 aromatic rings. The van der Waals surface area contributed by atoms with Crippen LogP contribution in [-0.4, -0.2) is 46.1 Å². The number of nitrogens with one attached hydrogen (secondary N) is 1. The zero-order valence-corrected chi connectivity index (χ0v) is 31.2. The zero-order chi connectivity index (χ0) is 33.8. The average molecular weight is 654 g/mol. The van der Waals surface area contributed by atoms with Crippen molar-refractivity contribution < 1.29 is 20.1 Å². The first-order valence-corrected chi connectivity index (χ1v) is 20.8. The fourth-order valence-electron chi connectivity index (χ4n) is 6.69. The molecule has 0 saturated carbocycles. The highest BCUT2D eigenvalue weighted by atomic mass is 16.3. The summed E-state index contributed by atoms with van der Waals surface area (Å²) in [5.41, 5.74) is 0. The summed E-state index contributed by atoms with van der Waals surface area (Å²) < 4.78 is 0. The Bertz CT molecular complexity index is 601. The van der Waals surface area contributed by atoms with Gasteiger partial charge >= 0.3 is 0 Å². The molecule has 0 bridgehead atoms. The lowest BCUT2D eigenvalue weighted by atomic mass is 9.99. The van der Waals surface area contributed by atoms with E-state index >= 15 is 0 Å². The Labute approximate surface area is 287 Å². The van der Waals surface area contributed by atoms with E-state index in [1.54, 1.807) is 0 Å². The quantitative estimate of drug-likeness (QED) is 0.0499. The predicted molar refractivity (Wildman–Crippen MR) is 199 cm³/mol. The van der Waals surface area contributed by atoms with E-state index in [0.717, 1.165) is 32.1 Å². The van der Waals surface area contributed by atoms with Crippen molar-refractivity contribution in [2.24, 2.45) is 0 Å². The summed E-state index contributed by atoms with van der Waals surface area (Å²) in [4.78, 5) is 12.4. The maximum atomic E-state index is 12.4. The Morgan fingerprint density at radius 1 is 0.457 bits per heavy atom. The number of aliphatic hydroxyl groups excluding tert-OH is 3. The van der Waals surface area contributed by atoms with Crippen LogP contribution in [0, 0.1) is 0 Å². The van der Waals surface area contributed by atoms with Gasteiger partial charge in [0.2, 0.25) is 5.91 Å². The molecule has 5 heteroatoms. The fraction of sp³-hybridized carbons (Fsp3) is 0.976. The molecule has 0 radical (unpaired) electrons. The van der Waals surface area contributed by atoms with E-state index in [9.17, 15) is 20.1 Å². The van der Waals surface area contributed by atoms with Crippen LogP contribution in [0.25, 0.3) is 0 Å². The van der Waals surface area contributed by atoms with E-state index in [2.05, 4.69) is 19.2 Å². The van der Waals surface area contributed by atoms with Gasteiger partial charge in [-0.2, -0.15) is 0 Å². The van der Waals surface area contributed by atoms with Gasteiger partial charge in [0, 0.05) is 6.42 Å². The normalized spacial score (nSPS) is 13.6. The van der Waals surface area contributed by atoms with Crippen molar-refractivity contribution in [1.29, 1.82) is 0 Å². The monoisotopic (exact) mass is 654 g/mol. The maximum absolute atomic E-state index is 12.4. The van der Waals surface area contributed by atoms with Gasteiger partial charge in [-0.3, -0.25) is 4.79 Å². The van der Waals surface area contributed by atoms with E-state index in [-0.39, 0.29) is 12.5 Å². The SMILES string of the molecule is CCCCCCCCCCCCCCCCCCCCC[C@@H](O)[C@@H](O)[C@H](CO)NC(=O)CCCCCCCCCCCCCCC. The Kier molecular flexibility index (Phi) is 36.6. The number of amides is 1. The highest BCUT2D eigenvalue weighted by Crippen LogP contribution is 2.17.